The Morgan fingerprint density at radius 2 is 1.91 bits per heavy atom. The minimum Gasteiger partial charge on any atom is -0.496 e. The molecule has 3 nitrogen and oxygen atoms in total. The standard InChI is InChI=1S/C19H23NO2/c1-14-9-11-18(22-3)17(13-14)15(2)20-19(21)12-10-16-7-5-4-6-8-16/h4-9,11,13,15H,10,12H2,1-3H3,(H,20,21)/t15-/m1/s1. The van der Waals surface area contributed by atoms with Gasteiger partial charge in [-0.1, -0.05) is 48.0 Å². The molecule has 2 aromatic rings. The van der Waals surface area contributed by atoms with Crippen molar-refractivity contribution in [1.82, 2.24) is 5.32 Å². The summed E-state index contributed by atoms with van der Waals surface area (Å²) in [5.41, 5.74) is 3.34. The minimum absolute atomic E-state index is 0.0555. The molecule has 1 atom stereocenters. The van der Waals surface area contributed by atoms with Crippen LogP contribution in [0.4, 0.5) is 0 Å². The van der Waals surface area contributed by atoms with E-state index in [0.29, 0.717) is 6.42 Å². The third-order valence-corrected chi connectivity index (χ3v) is 3.71. The predicted molar refractivity (Wildman–Crippen MR) is 89.1 cm³/mol. The summed E-state index contributed by atoms with van der Waals surface area (Å²) in [5, 5.41) is 3.05. The van der Waals surface area contributed by atoms with Crippen molar-refractivity contribution in [3.8, 4) is 5.75 Å². The van der Waals surface area contributed by atoms with Gasteiger partial charge in [-0.25, -0.2) is 0 Å². The lowest BCUT2D eigenvalue weighted by molar-refractivity contribution is -0.121. The van der Waals surface area contributed by atoms with E-state index >= 15 is 0 Å². The molecule has 0 aromatic heterocycles. The molecule has 0 heterocycles. The Labute approximate surface area is 132 Å². The third kappa shape index (κ3) is 4.35. The first-order chi connectivity index (χ1) is 10.6. The van der Waals surface area contributed by atoms with Gasteiger partial charge >= 0.3 is 0 Å². The molecule has 0 aliphatic carbocycles. The summed E-state index contributed by atoms with van der Waals surface area (Å²) in [5.74, 6) is 0.862. The molecule has 0 bridgehead atoms. The van der Waals surface area contributed by atoms with Crippen molar-refractivity contribution < 1.29 is 9.53 Å². The zero-order valence-corrected chi connectivity index (χ0v) is 13.4. The van der Waals surface area contributed by atoms with E-state index in [1.54, 1.807) is 7.11 Å². The lowest BCUT2D eigenvalue weighted by Crippen LogP contribution is -2.27. The number of carbonyl (C=O) groups excluding carboxylic acids is 1. The Morgan fingerprint density at radius 3 is 2.59 bits per heavy atom. The van der Waals surface area contributed by atoms with Crippen LogP contribution in [-0.2, 0) is 11.2 Å². The second-order valence-electron chi connectivity index (χ2n) is 5.52. The van der Waals surface area contributed by atoms with E-state index in [1.165, 1.54) is 5.56 Å². The lowest BCUT2D eigenvalue weighted by Gasteiger charge is -2.18. The predicted octanol–water partition coefficient (Wildman–Crippen LogP) is 3.81. The van der Waals surface area contributed by atoms with E-state index in [9.17, 15) is 4.79 Å². The zero-order valence-electron chi connectivity index (χ0n) is 13.4. The first-order valence-corrected chi connectivity index (χ1v) is 7.58. The molecule has 0 spiro atoms. The van der Waals surface area contributed by atoms with Crippen molar-refractivity contribution in [3.63, 3.8) is 0 Å². The van der Waals surface area contributed by atoms with Crippen molar-refractivity contribution >= 4 is 5.91 Å². The molecule has 0 fully saturated rings. The molecular formula is C19H23NO2. The molecule has 116 valence electrons. The smallest absolute Gasteiger partial charge is 0.220 e. The van der Waals surface area contributed by atoms with E-state index < -0.39 is 0 Å². The molecule has 3 heteroatoms. The molecule has 1 N–H and O–H groups in total. The van der Waals surface area contributed by atoms with Crippen molar-refractivity contribution in [1.29, 1.82) is 0 Å². The maximum absolute atomic E-state index is 12.1. The Hall–Kier alpha value is -2.29. The van der Waals surface area contributed by atoms with E-state index in [4.69, 9.17) is 4.74 Å². The largest absolute Gasteiger partial charge is 0.496 e. The Morgan fingerprint density at radius 1 is 1.18 bits per heavy atom. The van der Waals surface area contributed by atoms with Crippen LogP contribution in [0, 0.1) is 6.92 Å². The zero-order chi connectivity index (χ0) is 15.9. The Bertz CT molecular complexity index is 623. The topological polar surface area (TPSA) is 38.3 Å². The number of hydrogen-bond acceptors (Lipinski definition) is 2. The first kappa shape index (κ1) is 16.1. The van der Waals surface area contributed by atoms with Crippen molar-refractivity contribution in [2.45, 2.75) is 32.7 Å². The van der Waals surface area contributed by atoms with Gasteiger partial charge in [-0.05, 0) is 31.9 Å². The number of benzene rings is 2. The van der Waals surface area contributed by atoms with E-state index in [-0.39, 0.29) is 11.9 Å². The monoisotopic (exact) mass is 297 g/mol. The summed E-state index contributed by atoms with van der Waals surface area (Å²) in [6.07, 6.45) is 1.24. The molecule has 22 heavy (non-hydrogen) atoms. The van der Waals surface area contributed by atoms with Gasteiger partial charge in [0.05, 0.1) is 13.2 Å². The lowest BCUT2D eigenvalue weighted by atomic mass is 10.0. The van der Waals surface area contributed by atoms with E-state index in [2.05, 4.69) is 11.4 Å². The highest BCUT2D eigenvalue weighted by atomic mass is 16.5. The summed E-state index contributed by atoms with van der Waals surface area (Å²) >= 11 is 0. The van der Waals surface area contributed by atoms with Crippen LogP contribution in [0.15, 0.2) is 48.5 Å². The molecule has 0 aliphatic rings. The van der Waals surface area contributed by atoms with Gasteiger partial charge in [0.15, 0.2) is 0 Å². The molecule has 2 aromatic carbocycles. The average molecular weight is 297 g/mol. The van der Waals surface area contributed by atoms with Crippen LogP contribution < -0.4 is 10.1 Å². The van der Waals surface area contributed by atoms with E-state index in [1.807, 2.05) is 56.3 Å². The minimum atomic E-state index is -0.0712. The van der Waals surface area contributed by atoms with Gasteiger partial charge in [-0.3, -0.25) is 4.79 Å². The van der Waals surface area contributed by atoms with Gasteiger partial charge in [0, 0.05) is 12.0 Å². The summed E-state index contributed by atoms with van der Waals surface area (Å²) in [4.78, 5) is 12.1. The van der Waals surface area contributed by atoms with Crippen LogP contribution in [-0.4, -0.2) is 13.0 Å². The van der Waals surface area contributed by atoms with Crippen LogP contribution in [0.25, 0.3) is 0 Å². The quantitative estimate of drug-likeness (QED) is 0.880. The number of ether oxygens (including phenoxy) is 1. The SMILES string of the molecule is COc1ccc(C)cc1[C@@H](C)NC(=O)CCc1ccccc1. The molecule has 0 aliphatic heterocycles. The fraction of sp³-hybridized carbons (Fsp3) is 0.316. The molecular weight excluding hydrogens is 274 g/mol. The van der Waals surface area contributed by atoms with Crippen LogP contribution in [0.5, 0.6) is 5.75 Å². The summed E-state index contributed by atoms with van der Waals surface area (Å²) < 4.78 is 5.38. The second kappa shape index (κ2) is 7.64. The van der Waals surface area contributed by atoms with Gasteiger partial charge in [0.1, 0.15) is 5.75 Å². The van der Waals surface area contributed by atoms with Gasteiger partial charge in [-0.2, -0.15) is 0 Å². The highest BCUT2D eigenvalue weighted by molar-refractivity contribution is 5.76. The summed E-state index contributed by atoms with van der Waals surface area (Å²) in [6.45, 7) is 4.02. The highest BCUT2D eigenvalue weighted by Crippen LogP contribution is 2.26. The van der Waals surface area contributed by atoms with E-state index in [0.717, 1.165) is 23.3 Å². The van der Waals surface area contributed by atoms with Crippen LogP contribution in [0.1, 0.15) is 36.1 Å². The Kier molecular flexibility index (Phi) is 5.59. The number of methoxy groups -OCH3 is 1. The van der Waals surface area contributed by atoms with Gasteiger partial charge in [-0.15, -0.1) is 0 Å². The summed E-state index contributed by atoms with van der Waals surface area (Å²) in [7, 11) is 1.65. The van der Waals surface area contributed by atoms with Gasteiger partial charge in [0.25, 0.3) is 0 Å². The van der Waals surface area contributed by atoms with Crippen molar-refractivity contribution in [2.24, 2.45) is 0 Å². The fourth-order valence-electron chi connectivity index (χ4n) is 2.49. The average Bonchev–Trinajstić information content (AvgIpc) is 2.54. The van der Waals surface area contributed by atoms with Gasteiger partial charge in [0.2, 0.25) is 5.91 Å². The molecule has 0 saturated carbocycles. The van der Waals surface area contributed by atoms with Crippen molar-refractivity contribution in [3.05, 3.63) is 65.2 Å². The molecule has 2 rings (SSSR count). The Balaban J connectivity index is 1.95. The number of aryl methyl sites for hydroxylation is 2. The third-order valence-electron chi connectivity index (χ3n) is 3.71. The highest BCUT2D eigenvalue weighted by Gasteiger charge is 2.14. The normalized spacial score (nSPS) is 11.8. The summed E-state index contributed by atoms with van der Waals surface area (Å²) in [6, 6.07) is 16.0. The number of carbonyl (C=O) groups is 1. The molecule has 0 saturated heterocycles. The number of hydrogen-bond donors (Lipinski definition) is 1. The molecule has 0 unspecified atom stereocenters. The number of nitrogens with one attached hydrogen (secondary N) is 1. The molecule has 0 radical (unpaired) electrons. The van der Waals surface area contributed by atoms with Crippen LogP contribution in [0.3, 0.4) is 0 Å². The maximum Gasteiger partial charge on any atom is 0.220 e. The molecule has 1 amide bonds. The first-order valence-electron chi connectivity index (χ1n) is 7.58. The van der Waals surface area contributed by atoms with Crippen LogP contribution >= 0.6 is 0 Å². The fourth-order valence-corrected chi connectivity index (χ4v) is 2.49. The van der Waals surface area contributed by atoms with Crippen molar-refractivity contribution in [2.75, 3.05) is 7.11 Å². The van der Waals surface area contributed by atoms with Gasteiger partial charge < -0.3 is 10.1 Å². The number of rotatable bonds is 6. The number of amides is 1. The maximum atomic E-state index is 12.1. The second-order valence-corrected chi connectivity index (χ2v) is 5.52. The van der Waals surface area contributed by atoms with Crippen LogP contribution in [0.2, 0.25) is 0 Å².